The van der Waals surface area contributed by atoms with Crippen LogP contribution in [0.5, 0.6) is 0 Å². The van der Waals surface area contributed by atoms with Crippen molar-refractivity contribution < 1.29 is 4.79 Å². The van der Waals surface area contributed by atoms with Crippen molar-refractivity contribution in [1.82, 2.24) is 9.78 Å². The van der Waals surface area contributed by atoms with Crippen LogP contribution in [0.15, 0.2) is 71.5 Å². The van der Waals surface area contributed by atoms with Crippen LogP contribution in [0, 0.1) is 0 Å². The lowest BCUT2D eigenvalue weighted by molar-refractivity contribution is -0.117. The summed E-state index contributed by atoms with van der Waals surface area (Å²) in [6.07, 6.45) is 0. The molecule has 0 saturated carbocycles. The molecule has 0 unspecified atom stereocenters. The number of halogens is 1. The second kappa shape index (κ2) is 7.10. The van der Waals surface area contributed by atoms with Crippen molar-refractivity contribution in [2.45, 2.75) is 6.54 Å². The van der Waals surface area contributed by atoms with Crippen LogP contribution < -0.4 is 10.9 Å². The summed E-state index contributed by atoms with van der Waals surface area (Å²) in [6, 6.07) is 19.2. The van der Waals surface area contributed by atoms with Gasteiger partial charge >= 0.3 is 0 Å². The van der Waals surface area contributed by atoms with Gasteiger partial charge in [0.25, 0.3) is 5.56 Å². The van der Waals surface area contributed by atoms with E-state index in [2.05, 4.69) is 10.4 Å². The van der Waals surface area contributed by atoms with E-state index in [-0.39, 0.29) is 18.0 Å². The molecule has 2 aromatic carbocycles. The van der Waals surface area contributed by atoms with E-state index >= 15 is 0 Å². The molecule has 5 nitrogen and oxygen atoms in total. The van der Waals surface area contributed by atoms with Crippen molar-refractivity contribution >= 4 is 23.2 Å². The van der Waals surface area contributed by atoms with E-state index in [1.165, 1.54) is 6.07 Å². The molecule has 1 N–H and O–H groups in total. The summed E-state index contributed by atoms with van der Waals surface area (Å²) in [7, 11) is 0. The van der Waals surface area contributed by atoms with Crippen LogP contribution in [0.2, 0.25) is 5.02 Å². The predicted molar refractivity (Wildman–Crippen MR) is 94.0 cm³/mol. The summed E-state index contributed by atoms with van der Waals surface area (Å²) in [5.41, 5.74) is 1.55. The molecule has 3 aromatic rings. The number of nitrogens with zero attached hydrogens (tertiary/aromatic N) is 2. The molecule has 120 valence electrons. The van der Waals surface area contributed by atoms with Gasteiger partial charge < -0.3 is 5.32 Å². The number of carbonyl (C=O) groups is 1. The van der Waals surface area contributed by atoms with E-state index in [9.17, 15) is 9.59 Å². The summed E-state index contributed by atoms with van der Waals surface area (Å²) in [5.74, 6) is -0.327. The number of para-hydroxylation sites is 1. The summed E-state index contributed by atoms with van der Waals surface area (Å²) in [5, 5.41) is 7.50. The zero-order valence-corrected chi connectivity index (χ0v) is 13.4. The minimum Gasteiger partial charge on any atom is -0.324 e. The fourth-order valence-corrected chi connectivity index (χ4v) is 2.47. The van der Waals surface area contributed by atoms with E-state index in [1.807, 2.05) is 36.4 Å². The number of carbonyl (C=O) groups excluding carboxylic acids is 1. The molecular formula is C18H14ClN3O2. The highest BCUT2D eigenvalue weighted by Gasteiger charge is 2.10. The molecule has 24 heavy (non-hydrogen) atoms. The number of aromatic nitrogens is 2. The van der Waals surface area contributed by atoms with Gasteiger partial charge in [0.15, 0.2) is 0 Å². The second-order valence-electron chi connectivity index (χ2n) is 5.11. The van der Waals surface area contributed by atoms with Crippen LogP contribution in [-0.4, -0.2) is 15.7 Å². The molecule has 6 heteroatoms. The Kier molecular flexibility index (Phi) is 4.72. The number of hydrogen-bond donors (Lipinski definition) is 1. The molecule has 0 aliphatic heterocycles. The first-order valence-electron chi connectivity index (χ1n) is 7.31. The fourth-order valence-electron chi connectivity index (χ4n) is 2.23. The van der Waals surface area contributed by atoms with E-state index in [1.54, 1.807) is 24.3 Å². The normalized spacial score (nSPS) is 10.4. The van der Waals surface area contributed by atoms with Crippen molar-refractivity contribution in [1.29, 1.82) is 0 Å². The van der Waals surface area contributed by atoms with Gasteiger partial charge in [-0.3, -0.25) is 9.59 Å². The summed E-state index contributed by atoms with van der Waals surface area (Å²) in [6.45, 7) is -0.175. The van der Waals surface area contributed by atoms with Gasteiger partial charge in [0.2, 0.25) is 5.91 Å². The molecule has 3 rings (SSSR count). The van der Waals surface area contributed by atoms with Gasteiger partial charge in [-0.05, 0) is 24.3 Å². The van der Waals surface area contributed by atoms with Gasteiger partial charge in [0.1, 0.15) is 6.54 Å². The lowest BCUT2D eigenvalue weighted by Gasteiger charge is -2.09. The summed E-state index contributed by atoms with van der Waals surface area (Å²) >= 11 is 6.16. The first kappa shape index (κ1) is 16.0. The van der Waals surface area contributed by atoms with Crippen molar-refractivity contribution in [2.24, 2.45) is 0 Å². The van der Waals surface area contributed by atoms with Gasteiger partial charge in [-0.25, -0.2) is 4.68 Å². The zero-order valence-electron chi connectivity index (χ0n) is 12.6. The minimum atomic E-state index is -0.353. The standard InChI is InChI=1S/C18H14ClN3O2/c19-15-9-5-4-8-14(15)16-10-11-18(24)22(21-16)12-17(23)20-13-6-2-1-3-7-13/h1-11H,12H2,(H,20,23). The topological polar surface area (TPSA) is 64.0 Å². The maximum atomic E-state index is 12.1. The first-order chi connectivity index (χ1) is 11.6. The quantitative estimate of drug-likeness (QED) is 0.794. The molecular weight excluding hydrogens is 326 g/mol. The van der Waals surface area contributed by atoms with Crippen molar-refractivity contribution in [3.05, 3.63) is 82.1 Å². The van der Waals surface area contributed by atoms with Crippen LogP contribution in [0.1, 0.15) is 0 Å². The number of anilines is 1. The highest BCUT2D eigenvalue weighted by molar-refractivity contribution is 6.33. The summed E-state index contributed by atoms with van der Waals surface area (Å²) in [4.78, 5) is 24.1. The molecule has 1 amide bonds. The molecule has 0 saturated heterocycles. The van der Waals surface area contributed by atoms with Crippen molar-refractivity contribution in [3.8, 4) is 11.3 Å². The SMILES string of the molecule is O=C(Cn1nc(-c2ccccc2Cl)ccc1=O)Nc1ccccc1. The van der Waals surface area contributed by atoms with E-state index in [4.69, 9.17) is 11.6 Å². The highest BCUT2D eigenvalue weighted by Crippen LogP contribution is 2.24. The van der Waals surface area contributed by atoms with Crippen LogP contribution in [0.4, 0.5) is 5.69 Å². The molecule has 0 aliphatic carbocycles. The maximum absolute atomic E-state index is 12.1. The van der Waals surface area contributed by atoms with Gasteiger partial charge in [-0.2, -0.15) is 5.10 Å². The molecule has 0 aliphatic rings. The first-order valence-corrected chi connectivity index (χ1v) is 7.69. The molecule has 0 bridgehead atoms. The Balaban J connectivity index is 1.83. The smallest absolute Gasteiger partial charge is 0.267 e. The minimum absolute atomic E-state index is 0.175. The van der Waals surface area contributed by atoms with Crippen molar-refractivity contribution in [2.75, 3.05) is 5.32 Å². The predicted octanol–water partition coefficient (Wildman–Crippen LogP) is 3.20. The zero-order chi connectivity index (χ0) is 16.9. The Morgan fingerprint density at radius 2 is 1.71 bits per heavy atom. The monoisotopic (exact) mass is 339 g/mol. The third kappa shape index (κ3) is 3.70. The number of rotatable bonds is 4. The van der Waals surface area contributed by atoms with E-state index in [0.717, 1.165) is 4.68 Å². The highest BCUT2D eigenvalue weighted by atomic mass is 35.5. The number of hydrogen-bond acceptors (Lipinski definition) is 3. The van der Waals surface area contributed by atoms with Crippen LogP contribution in [-0.2, 0) is 11.3 Å². The molecule has 0 radical (unpaired) electrons. The molecule has 0 atom stereocenters. The number of benzene rings is 2. The Hall–Kier alpha value is -2.92. The van der Waals surface area contributed by atoms with Crippen LogP contribution in [0.25, 0.3) is 11.3 Å². The van der Waals surface area contributed by atoms with Gasteiger partial charge in [-0.15, -0.1) is 0 Å². The molecule has 1 aromatic heterocycles. The largest absolute Gasteiger partial charge is 0.324 e. The number of amides is 1. The Bertz CT molecular complexity index is 923. The van der Waals surface area contributed by atoms with Crippen molar-refractivity contribution in [3.63, 3.8) is 0 Å². The average molecular weight is 340 g/mol. The third-order valence-electron chi connectivity index (χ3n) is 3.37. The lowest BCUT2D eigenvalue weighted by Crippen LogP contribution is -2.29. The Labute approximate surface area is 143 Å². The Morgan fingerprint density at radius 3 is 2.46 bits per heavy atom. The van der Waals surface area contributed by atoms with Crippen LogP contribution >= 0.6 is 11.6 Å². The van der Waals surface area contributed by atoms with Gasteiger partial charge in [0, 0.05) is 17.3 Å². The maximum Gasteiger partial charge on any atom is 0.267 e. The number of nitrogens with one attached hydrogen (secondary N) is 1. The fraction of sp³-hybridized carbons (Fsp3) is 0.0556. The molecule has 0 spiro atoms. The average Bonchev–Trinajstić information content (AvgIpc) is 2.58. The Morgan fingerprint density at radius 1 is 1.00 bits per heavy atom. The van der Waals surface area contributed by atoms with Gasteiger partial charge in [0.05, 0.1) is 10.7 Å². The van der Waals surface area contributed by atoms with Crippen LogP contribution in [0.3, 0.4) is 0 Å². The molecule has 1 heterocycles. The third-order valence-corrected chi connectivity index (χ3v) is 3.70. The summed E-state index contributed by atoms with van der Waals surface area (Å²) < 4.78 is 1.12. The van der Waals surface area contributed by atoms with E-state index < -0.39 is 0 Å². The molecule has 0 fully saturated rings. The van der Waals surface area contributed by atoms with Gasteiger partial charge in [-0.1, -0.05) is 48.0 Å². The second-order valence-corrected chi connectivity index (χ2v) is 5.52. The van der Waals surface area contributed by atoms with E-state index in [0.29, 0.717) is 22.0 Å². The lowest BCUT2D eigenvalue weighted by atomic mass is 10.1.